The van der Waals surface area contributed by atoms with Crippen molar-refractivity contribution in [1.29, 1.82) is 5.26 Å². The highest BCUT2D eigenvalue weighted by Crippen LogP contribution is 2.40. The lowest BCUT2D eigenvalue weighted by atomic mass is 9.99. The van der Waals surface area contributed by atoms with Crippen LogP contribution < -0.4 is 10.1 Å². The number of esters is 1. The van der Waals surface area contributed by atoms with Crippen LogP contribution in [0.1, 0.15) is 41.3 Å². The number of aromatic hydroxyl groups is 1. The van der Waals surface area contributed by atoms with Crippen LogP contribution >= 0.6 is 23.2 Å². The summed E-state index contributed by atoms with van der Waals surface area (Å²) in [7, 11) is 1.21. The van der Waals surface area contributed by atoms with Gasteiger partial charge in [-0.1, -0.05) is 37.0 Å². The Morgan fingerprint density at radius 1 is 1.21 bits per heavy atom. The third kappa shape index (κ3) is 5.31. The number of methoxy groups -OCH3 is 1. The number of phenols is 1. The van der Waals surface area contributed by atoms with E-state index in [-0.39, 0.29) is 50.9 Å². The van der Waals surface area contributed by atoms with Gasteiger partial charge in [-0.15, -0.1) is 0 Å². The molecule has 2 N–H and O–H groups in total. The highest BCUT2D eigenvalue weighted by molar-refractivity contribution is 6.37. The summed E-state index contributed by atoms with van der Waals surface area (Å²) in [6.07, 6.45) is 0. The number of phenolic OH excluding ortho intramolecular Hbond substituents is 1. The van der Waals surface area contributed by atoms with E-state index in [9.17, 15) is 20.0 Å². The van der Waals surface area contributed by atoms with E-state index in [0.29, 0.717) is 5.56 Å². The minimum absolute atomic E-state index is 0.0530. The summed E-state index contributed by atoms with van der Waals surface area (Å²) < 4.78 is 10.2. The van der Waals surface area contributed by atoms with Gasteiger partial charge in [0.05, 0.1) is 22.7 Å². The van der Waals surface area contributed by atoms with Crippen LogP contribution in [0.5, 0.6) is 17.2 Å². The molecule has 1 amide bonds. The van der Waals surface area contributed by atoms with Crippen molar-refractivity contribution < 1.29 is 24.2 Å². The summed E-state index contributed by atoms with van der Waals surface area (Å²) in [5.41, 5.74) is 0.713. The minimum atomic E-state index is -0.600. The second-order valence-electron chi connectivity index (χ2n) is 6.31. The SMILES string of the molecule is COC(=O)CNC(=O)c1cc(Cl)c(Oc2cc(C#N)c(O)c(C(C)C)c2)c(Cl)c1. The predicted octanol–water partition coefficient (Wildman–Crippen LogP) is 4.39. The Balaban J connectivity index is 2.33. The van der Waals surface area contributed by atoms with Crippen molar-refractivity contribution in [2.75, 3.05) is 13.7 Å². The number of benzene rings is 2. The number of nitrogens with one attached hydrogen (secondary N) is 1. The molecule has 0 saturated carbocycles. The molecule has 0 unspecified atom stereocenters. The monoisotopic (exact) mass is 436 g/mol. The van der Waals surface area contributed by atoms with Gasteiger partial charge in [-0.05, 0) is 24.1 Å². The van der Waals surface area contributed by atoms with E-state index in [0.717, 1.165) is 0 Å². The van der Waals surface area contributed by atoms with E-state index in [1.165, 1.54) is 25.3 Å². The maximum Gasteiger partial charge on any atom is 0.325 e. The Kier molecular flexibility index (Phi) is 7.32. The number of nitriles is 1. The van der Waals surface area contributed by atoms with Crippen LogP contribution in [-0.4, -0.2) is 30.6 Å². The van der Waals surface area contributed by atoms with Gasteiger partial charge in [0.25, 0.3) is 5.91 Å². The quantitative estimate of drug-likeness (QED) is 0.649. The topological polar surface area (TPSA) is 109 Å². The molecule has 0 spiro atoms. The Bertz CT molecular complexity index is 976. The molecule has 0 bridgehead atoms. The maximum atomic E-state index is 12.1. The molecule has 0 heterocycles. The third-order valence-corrected chi connectivity index (χ3v) is 4.52. The lowest BCUT2D eigenvalue weighted by Gasteiger charge is -2.15. The standard InChI is InChI=1S/C20H18Cl2N2O5/c1-10(2)14-7-13(4-12(8-23)18(14)26)29-19-15(21)5-11(6-16(19)22)20(27)24-9-17(25)28-3/h4-7,10,26H,9H2,1-3H3,(H,24,27). The molecule has 9 heteroatoms. The van der Waals surface area contributed by atoms with Crippen LogP contribution in [0.25, 0.3) is 0 Å². The van der Waals surface area contributed by atoms with Gasteiger partial charge in [0.2, 0.25) is 0 Å². The van der Waals surface area contributed by atoms with Crippen LogP contribution in [0.2, 0.25) is 10.0 Å². The Hall–Kier alpha value is -2.95. The number of carbonyl (C=O) groups excluding carboxylic acids is 2. The summed E-state index contributed by atoms with van der Waals surface area (Å²) in [6.45, 7) is 3.43. The fraction of sp³-hybridized carbons (Fsp3) is 0.250. The third-order valence-electron chi connectivity index (χ3n) is 3.96. The summed E-state index contributed by atoms with van der Waals surface area (Å²) in [4.78, 5) is 23.3. The zero-order valence-corrected chi connectivity index (χ0v) is 17.4. The van der Waals surface area contributed by atoms with Crippen LogP contribution in [0.3, 0.4) is 0 Å². The molecule has 7 nitrogen and oxygen atoms in total. The van der Waals surface area contributed by atoms with Gasteiger partial charge in [0.15, 0.2) is 5.75 Å². The summed E-state index contributed by atoms with van der Waals surface area (Å²) in [5.74, 6) is -0.986. The van der Waals surface area contributed by atoms with Gasteiger partial charge < -0.3 is 19.9 Å². The van der Waals surface area contributed by atoms with E-state index in [1.807, 2.05) is 19.9 Å². The van der Waals surface area contributed by atoms with E-state index >= 15 is 0 Å². The van der Waals surface area contributed by atoms with Gasteiger partial charge >= 0.3 is 5.97 Å². The average Bonchev–Trinajstić information content (AvgIpc) is 2.68. The van der Waals surface area contributed by atoms with E-state index in [2.05, 4.69) is 10.1 Å². The fourth-order valence-corrected chi connectivity index (χ4v) is 3.01. The molecule has 152 valence electrons. The zero-order chi connectivity index (χ0) is 21.7. The Morgan fingerprint density at radius 2 is 1.83 bits per heavy atom. The molecule has 2 aromatic rings. The molecule has 0 aromatic heterocycles. The van der Waals surface area contributed by atoms with Gasteiger partial charge in [0, 0.05) is 17.2 Å². The Morgan fingerprint density at radius 3 is 2.34 bits per heavy atom. The molecule has 0 atom stereocenters. The first-order chi connectivity index (χ1) is 13.7. The average molecular weight is 437 g/mol. The molecule has 0 saturated heterocycles. The second-order valence-corrected chi connectivity index (χ2v) is 7.12. The van der Waals surface area contributed by atoms with Crippen LogP contribution in [0.4, 0.5) is 0 Å². The van der Waals surface area contributed by atoms with Crippen LogP contribution in [-0.2, 0) is 9.53 Å². The van der Waals surface area contributed by atoms with Crippen LogP contribution in [0.15, 0.2) is 24.3 Å². The first-order valence-electron chi connectivity index (χ1n) is 8.46. The van der Waals surface area contributed by atoms with Gasteiger partial charge in [-0.3, -0.25) is 9.59 Å². The zero-order valence-electron chi connectivity index (χ0n) is 15.9. The summed E-state index contributed by atoms with van der Waals surface area (Å²) >= 11 is 12.5. The number of amides is 1. The number of carbonyl (C=O) groups is 2. The molecular weight excluding hydrogens is 419 g/mol. The molecule has 2 rings (SSSR count). The number of nitrogens with zero attached hydrogens (tertiary/aromatic N) is 1. The van der Waals surface area contributed by atoms with Crippen molar-refractivity contribution in [3.63, 3.8) is 0 Å². The fourth-order valence-electron chi connectivity index (χ4n) is 2.45. The molecule has 0 aliphatic carbocycles. The van der Waals surface area contributed by atoms with Crippen molar-refractivity contribution in [2.24, 2.45) is 0 Å². The van der Waals surface area contributed by atoms with Gasteiger partial charge in [-0.2, -0.15) is 5.26 Å². The maximum absolute atomic E-state index is 12.1. The minimum Gasteiger partial charge on any atom is -0.506 e. The first-order valence-corrected chi connectivity index (χ1v) is 9.22. The molecule has 29 heavy (non-hydrogen) atoms. The van der Waals surface area contributed by atoms with Crippen molar-refractivity contribution in [2.45, 2.75) is 19.8 Å². The van der Waals surface area contributed by atoms with Crippen molar-refractivity contribution >= 4 is 35.1 Å². The van der Waals surface area contributed by atoms with Crippen molar-refractivity contribution in [1.82, 2.24) is 5.32 Å². The van der Waals surface area contributed by atoms with E-state index in [1.54, 1.807) is 6.07 Å². The molecule has 0 radical (unpaired) electrons. The number of hydrogen-bond acceptors (Lipinski definition) is 6. The smallest absolute Gasteiger partial charge is 0.325 e. The summed E-state index contributed by atoms with van der Waals surface area (Å²) in [6, 6.07) is 7.54. The van der Waals surface area contributed by atoms with Gasteiger partial charge in [0.1, 0.15) is 24.1 Å². The first kappa shape index (κ1) is 22.3. The van der Waals surface area contributed by atoms with E-state index in [4.69, 9.17) is 27.9 Å². The predicted molar refractivity (Wildman–Crippen MR) is 108 cm³/mol. The number of ether oxygens (including phenoxy) is 2. The largest absolute Gasteiger partial charge is 0.506 e. The molecular formula is C20H18Cl2N2O5. The molecule has 0 aliphatic rings. The second kappa shape index (κ2) is 9.50. The molecule has 0 fully saturated rings. The van der Waals surface area contributed by atoms with Gasteiger partial charge in [-0.25, -0.2) is 0 Å². The lowest BCUT2D eigenvalue weighted by Crippen LogP contribution is -2.30. The van der Waals surface area contributed by atoms with Crippen molar-refractivity contribution in [3.8, 4) is 23.3 Å². The highest BCUT2D eigenvalue weighted by Gasteiger charge is 2.18. The lowest BCUT2D eigenvalue weighted by molar-refractivity contribution is -0.139. The Labute approximate surface area is 177 Å². The molecule has 0 aliphatic heterocycles. The number of hydrogen-bond donors (Lipinski definition) is 2. The molecule has 2 aromatic carbocycles. The summed E-state index contributed by atoms with van der Waals surface area (Å²) in [5, 5.41) is 21.9. The highest BCUT2D eigenvalue weighted by atomic mass is 35.5. The normalized spacial score (nSPS) is 10.4. The van der Waals surface area contributed by atoms with Crippen molar-refractivity contribution in [3.05, 3.63) is 51.0 Å². The van der Waals surface area contributed by atoms with Crippen LogP contribution in [0, 0.1) is 11.3 Å². The number of halogens is 2. The number of rotatable bonds is 6. The van der Waals surface area contributed by atoms with E-state index < -0.39 is 11.9 Å².